The second-order valence-electron chi connectivity index (χ2n) is 5.39. The van der Waals surface area contributed by atoms with Crippen molar-refractivity contribution in [1.82, 2.24) is 0 Å². The molecule has 2 aromatic carbocycles. The molecule has 0 radical (unpaired) electrons. The van der Waals surface area contributed by atoms with Gasteiger partial charge in [0.1, 0.15) is 5.75 Å². The minimum absolute atomic E-state index is 0.343. The van der Waals surface area contributed by atoms with E-state index >= 15 is 0 Å². The van der Waals surface area contributed by atoms with Gasteiger partial charge in [0.2, 0.25) is 0 Å². The van der Waals surface area contributed by atoms with Crippen molar-refractivity contribution in [2.45, 2.75) is 25.7 Å². The summed E-state index contributed by atoms with van der Waals surface area (Å²) in [6.45, 7) is 2.32. The lowest BCUT2D eigenvalue weighted by Gasteiger charge is -2.30. The van der Waals surface area contributed by atoms with Gasteiger partial charge in [-0.3, -0.25) is 0 Å². The molecule has 2 atom stereocenters. The quantitative estimate of drug-likeness (QED) is 0.792. The molecule has 0 heterocycles. The summed E-state index contributed by atoms with van der Waals surface area (Å²) in [5.41, 5.74) is 4.25. The van der Waals surface area contributed by atoms with Crippen LogP contribution < -0.4 is 0 Å². The minimum atomic E-state index is 0.343. The van der Waals surface area contributed by atoms with Crippen LogP contribution in [0, 0.1) is 5.92 Å². The van der Waals surface area contributed by atoms with Crippen molar-refractivity contribution >= 4 is 0 Å². The Morgan fingerprint density at radius 3 is 2.50 bits per heavy atom. The van der Waals surface area contributed by atoms with Crippen LogP contribution >= 0.6 is 0 Å². The third-order valence-corrected chi connectivity index (χ3v) is 3.93. The molecule has 0 bridgehead atoms. The summed E-state index contributed by atoms with van der Waals surface area (Å²) in [6.07, 6.45) is 2.38. The van der Waals surface area contributed by atoms with Crippen LogP contribution in [0.1, 0.15) is 36.0 Å². The summed E-state index contributed by atoms with van der Waals surface area (Å²) in [7, 11) is 0. The van der Waals surface area contributed by atoms with Gasteiger partial charge < -0.3 is 5.11 Å². The molecule has 0 amide bonds. The molecule has 0 saturated carbocycles. The van der Waals surface area contributed by atoms with Gasteiger partial charge in [-0.05, 0) is 47.6 Å². The van der Waals surface area contributed by atoms with Crippen LogP contribution in [0.4, 0.5) is 0 Å². The molecule has 0 spiro atoms. The fourth-order valence-corrected chi connectivity index (χ4v) is 3.07. The molecular formula is C17H18O. The molecule has 92 valence electrons. The summed E-state index contributed by atoms with van der Waals surface area (Å²) in [6, 6.07) is 16.4. The Bertz CT molecular complexity index is 542. The van der Waals surface area contributed by atoms with Gasteiger partial charge in [0.05, 0.1) is 0 Å². The summed E-state index contributed by atoms with van der Waals surface area (Å²) in [4.78, 5) is 0. The van der Waals surface area contributed by atoms with Gasteiger partial charge in [0.15, 0.2) is 0 Å². The normalized spacial score (nSPS) is 22.5. The standard InChI is InChI=1S/C17H18O/c1-12-10-14-4-2-3-5-16(14)17(11-12)13-6-8-15(18)9-7-13/h2-9,12,17-18H,10-11H2,1H3. The van der Waals surface area contributed by atoms with Gasteiger partial charge in [0, 0.05) is 5.92 Å². The van der Waals surface area contributed by atoms with Gasteiger partial charge in [-0.2, -0.15) is 0 Å². The fourth-order valence-electron chi connectivity index (χ4n) is 3.07. The lowest BCUT2D eigenvalue weighted by Crippen LogP contribution is -2.17. The van der Waals surface area contributed by atoms with Gasteiger partial charge in [-0.1, -0.05) is 43.3 Å². The Balaban J connectivity index is 2.04. The van der Waals surface area contributed by atoms with Crippen molar-refractivity contribution in [1.29, 1.82) is 0 Å². The summed E-state index contributed by atoms with van der Waals surface area (Å²) < 4.78 is 0. The zero-order valence-corrected chi connectivity index (χ0v) is 10.6. The van der Waals surface area contributed by atoms with Crippen LogP contribution in [0.2, 0.25) is 0 Å². The molecule has 0 aromatic heterocycles. The Hall–Kier alpha value is -1.76. The van der Waals surface area contributed by atoms with Crippen LogP contribution in [0.5, 0.6) is 5.75 Å². The Morgan fingerprint density at radius 1 is 1.00 bits per heavy atom. The van der Waals surface area contributed by atoms with Crippen molar-refractivity contribution < 1.29 is 5.11 Å². The average Bonchev–Trinajstić information content (AvgIpc) is 2.38. The molecule has 18 heavy (non-hydrogen) atoms. The number of phenols is 1. The highest BCUT2D eigenvalue weighted by atomic mass is 16.3. The minimum Gasteiger partial charge on any atom is -0.508 e. The van der Waals surface area contributed by atoms with Crippen molar-refractivity contribution in [3.63, 3.8) is 0 Å². The summed E-state index contributed by atoms with van der Waals surface area (Å²) >= 11 is 0. The Labute approximate surface area is 108 Å². The smallest absolute Gasteiger partial charge is 0.115 e. The van der Waals surface area contributed by atoms with Crippen molar-refractivity contribution in [3.05, 3.63) is 65.2 Å². The van der Waals surface area contributed by atoms with E-state index in [-0.39, 0.29) is 0 Å². The predicted octanol–water partition coefficient (Wildman–Crippen LogP) is 4.11. The lowest BCUT2D eigenvalue weighted by molar-refractivity contribution is 0.461. The Morgan fingerprint density at radius 2 is 1.72 bits per heavy atom. The van der Waals surface area contributed by atoms with Crippen molar-refractivity contribution in [2.75, 3.05) is 0 Å². The monoisotopic (exact) mass is 238 g/mol. The molecule has 1 aliphatic rings. The topological polar surface area (TPSA) is 20.2 Å². The zero-order chi connectivity index (χ0) is 12.5. The largest absolute Gasteiger partial charge is 0.508 e. The highest BCUT2D eigenvalue weighted by molar-refractivity contribution is 5.41. The van der Waals surface area contributed by atoms with E-state index < -0.39 is 0 Å². The molecule has 2 unspecified atom stereocenters. The molecule has 0 fully saturated rings. The molecule has 2 aromatic rings. The maximum absolute atomic E-state index is 9.40. The summed E-state index contributed by atoms with van der Waals surface area (Å²) in [5, 5.41) is 9.40. The fraction of sp³-hybridized carbons (Fsp3) is 0.294. The number of rotatable bonds is 1. The molecule has 3 rings (SSSR count). The van der Waals surface area contributed by atoms with Crippen LogP contribution in [0.15, 0.2) is 48.5 Å². The van der Waals surface area contributed by atoms with Crippen LogP contribution in [0.3, 0.4) is 0 Å². The third-order valence-electron chi connectivity index (χ3n) is 3.93. The van der Waals surface area contributed by atoms with Gasteiger partial charge in [-0.15, -0.1) is 0 Å². The van der Waals surface area contributed by atoms with E-state index in [0.29, 0.717) is 11.7 Å². The maximum atomic E-state index is 9.40. The first-order valence-corrected chi connectivity index (χ1v) is 6.61. The first-order chi connectivity index (χ1) is 8.74. The molecular weight excluding hydrogens is 220 g/mol. The number of fused-ring (bicyclic) bond motifs is 1. The van der Waals surface area contributed by atoms with Crippen molar-refractivity contribution in [3.8, 4) is 5.75 Å². The van der Waals surface area contributed by atoms with Gasteiger partial charge in [0.25, 0.3) is 0 Å². The number of aromatic hydroxyl groups is 1. The molecule has 1 nitrogen and oxygen atoms in total. The van der Waals surface area contributed by atoms with E-state index in [2.05, 4.69) is 43.3 Å². The first kappa shape index (κ1) is 11.3. The Kier molecular flexibility index (Phi) is 2.83. The molecule has 0 saturated heterocycles. The van der Waals surface area contributed by atoms with E-state index in [1.54, 1.807) is 12.1 Å². The van der Waals surface area contributed by atoms with E-state index in [9.17, 15) is 5.11 Å². The molecule has 1 heteroatoms. The van der Waals surface area contributed by atoms with E-state index in [1.165, 1.54) is 29.5 Å². The average molecular weight is 238 g/mol. The second-order valence-corrected chi connectivity index (χ2v) is 5.39. The lowest BCUT2D eigenvalue weighted by atomic mass is 9.74. The van der Waals surface area contributed by atoms with Gasteiger partial charge >= 0.3 is 0 Å². The molecule has 1 aliphatic carbocycles. The van der Waals surface area contributed by atoms with E-state index in [0.717, 1.165) is 5.92 Å². The number of hydrogen-bond acceptors (Lipinski definition) is 1. The van der Waals surface area contributed by atoms with E-state index in [1.807, 2.05) is 0 Å². The number of benzene rings is 2. The van der Waals surface area contributed by atoms with Crippen LogP contribution in [-0.4, -0.2) is 5.11 Å². The number of phenolic OH excluding ortho intramolecular Hbond substituents is 1. The summed E-state index contributed by atoms with van der Waals surface area (Å²) in [5.74, 6) is 1.54. The number of hydrogen-bond donors (Lipinski definition) is 1. The van der Waals surface area contributed by atoms with Gasteiger partial charge in [-0.25, -0.2) is 0 Å². The van der Waals surface area contributed by atoms with Crippen molar-refractivity contribution in [2.24, 2.45) is 5.92 Å². The zero-order valence-electron chi connectivity index (χ0n) is 10.6. The highest BCUT2D eigenvalue weighted by Crippen LogP contribution is 2.39. The SMILES string of the molecule is CC1Cc2ccccc2C(c2ccc(O)cc2)C1. The first-order valence-electron chi connectivity index (χ1n) is 6.61. The van der Waals surface area contributed by atoms with E-state index in [4.69, 9.17) is 0 Å². The second kappa shape index (κ2) is 4.49. The van der Waals surface area contributed by atoms with Crippen LogP contribution in [-0.2, 0) is 6.42 Å². The third kappa shape index (κ3) is 2.01. The predicted molar refractivity (Wildman–Crippen MR) is 73.9 cm³/mol. The van der Waals surface area contributed by atoms with Crippen LogP contribution in [0.25, 0.3) is 0 Å². The maximum Gasteiger partial charge on any atom is 0.115 e. The molecule has 0 aliphatic heterocycles. The molecule has 1 N–H and O–H groups in total. The highest BCUT2D eigenvalue weighted by Gasteiger charge is 2.25.